The molecule has 16 heavy (non-hydrogen) atoms. The summed E-state index contributed by atoms with van der Waals surface area (Å²) >= 11 is 5.16. The van der Waals surface area contributed by atoms with E-state index in [0.29, 0.717) is 0 Å². The van der Waals surface area contributed by atoms with E-state index < -0.39 is 5.97 Å². The minimum atomic E-state index is -0.725. The zero-order chi connectivity index (χ0) is 12.0. The molecule has 0 aliphatic rings. The van der Waals surface area contributed by atoms with E-state index in [1.807, 2.05) is 13.0 Å². The SMILES string of the molecule is CC(CNCCc1ccc(Br)s1)CC(=O)O. The van der Waals surface area contributed by atoms with Crippen molar-refractivity contribution in [2.24, 2.45) is 5.92 Å². The van der Waals surface area contributed by atoms with Crippen LogP contribution in [0.4, 0.5) is 0 Å². The average molecular weight is 306 g/mol. The van der Waals surface area contributed by atoms with E-state index in [-0.39, 0.29) is 12.3 Å². The predicted molar refractivity (Wildman–Crippen MR) is 70.0 cm³/mol. The summed E-state index contributed by atoms with van der Waals surface area (Å²) in [4.78, 5) is 11.8. The largest absolute Gasteiger partial charge is 0.481 e. The second-order valence-corrected chi connectivity index (χ2v) is 6.41. The first-order valence-electron chi connectivity index (χ1n) is 5.24. The quantitative estimate of drug-likeness (QED) is 0.762. The number of hydrogen-bond donors (Lipinski definition) is 2. The molecule has 0 aliphatic heterocycles. The normalized spacial score (nSPS) is 12.6. The van der Waals surface area contributed by atoms with Crippen molar-refractivity contribution in [1.82, 2.24) is 5.32 Å². The van der Waals surface area contributed by atoms with Gasteiger partial charge in [0, 0.05) is 11.3 Å². The average Bonchev–Trinajstić information content (AvgIpc) is 2.58. The smallest absolute Gasteiger partial charge is 0.303 e. The van der Waals surface area contributed by atoms with Gasteiger partial charge >= 0.3 is 5.97 Å². The fourth-order valence-corrected chi connectivity index (χ4v) is 2.90. The molecular formula is C11H16BrNO2S. The van der Waals surface area contributed by atoms with Crippen LogP contribution in [0.1, 0.15) is 18.2 Å². The van der Waals surface area contributed by atoms with Gasteiger partial charge in [-0.15, -0.1) is 11.3 Å². The molecule has 0 spiro atoms. The van der Waals surface area contributed by atoms with Gasteiger partial charge in [0.2, 0.25) is 0 Å². The van der Waals surface area contributed by atoms with Gasteiger partial charge < -0.3 is 10.4 Å². The highest BCUT2D eigenvalue weighted by Gasteiger charge is 2.06. The van der Waals surface area contributed by atoms with Crippen molar-refractivity contribution in [3.05, 3.63) is 20.8 Å². The van der Waals surface area contributed by atoms with E-state index in [1.165, 1.54) is 4.88 Å². The summed E-state index contributed by atoms with van der Waals surface area (Å²) in [5.41, 5.74) is 0. The van der Waals surface area contributed by atoms with Gasteiger partial charge in [-0.1, -0.05) is 6.92 Å². The highest BCUT2D eigenvalue weighted by atomic mass is 79.9. The van der Waals surface area contributed by atoms with Crippen molar-refractivity contribution in [1.29, 1.82) is 0 Å². The van der Waals surface area contributed by atoms with Gasteiger partial charge in [-0.25, -0.2) is 0 Å². The summed E-state index contributed by atoms with van der Waals surface area (Å²) in [5, 5.41) is 11.9. The van der Waals surface area contributed by atoms with Crippen LogP contribution in [0.25, 0.3) is 0 Å². The number of rotatable bonds is 7. The van der Waals surface area contributed by atoms with Crippen molar-refractivity contribution >= 4 is 33.2 Å². The highest BCUT2D eigenvalue weighted by Crippen LogP contribution is 2.21. The van der Waals surface area contributed by atoms with Crippen molar-refractivity contribution in [3.8, 4) is 0 Å². The lowest BCUT2D eigenvalue weighted by Gasteiger charge is -2.09. The fourth-order valence-electron chi connectivity index (χ4n) is 1.42. The molecule has 0 amide bonds. The molecule has 0 saturated heterocycles. The Hall–Kier alpha value is -0.390. The molecule has 5 heteroatoms. The third kappa shape index (κ3) is 5.63. The van der Waals surface area contributed by atoms with Crippen LogP contribution in [0.5, 0.6) is 0 Å². The Morgan fingerprint density at radius 3 is 2.94 bits per heavy atom. The molecule has 3 nitrogen and oxygen atoms in total. The Balaban J connectivity index is 2.10. The molecule has 1 aromatic heterocycles. The van der Waals surface area contributed by atoms with Gasteiger partial charge in [0.05, 0.1) is 3.79 Å². The standard InChI is InChI=1S/C11H16BrNO2S/c1-8(6-11(14)15)7-13-5-4-9-2-3-10(12)16-9/h2-3,8,13H,4-7H2,1H3,(H,14,15). The zero-order valence-corrected chi connectivity index (χ0v) is 11.6. The zero-order valence-electron chi connectivity index (χ0n) is 9.20. The van der Waals surface area contributed by atoms with Crippen LogP contribution >= 0.6 is 27.3 Å². The van der Waals surface area contributed by atoms with Crippen LogP contribution in [0, 0.1) is 5.92 Å². The Morgan fingerprint density at radius 1 is 1.62 bits per heavy atom. The Kier molecular flexibility index (Phi) is 6.01. The minimum absolute atomic E-state index is 0.188. The lowest BCUT2D eigenvalue weighted by atomic mass is 10.1. The van der Waals surface area contributed by atoms with E-state index in [2.05, 4.69) is 27.3 Å². The fraction of sp³-hybridized carbons (Fsp3) is 0.545. The summed E-state index contributed by atoms with van der Waals surface area (Å²) in [6.07, 6.45) is 1.23. The van der Waals surface area contributed by atoms with E-state index in [9.17, 15) is 4.79 Å². The molecule has 1 aromatic rings. The second kappa shape index (κ2) is 7.04. The van der Waals surface area contributed by atoms with Crippen molar-refractivity contribution < 1.29 is 9.90 Å². The van der Waals surface area contributed by atoms with Crippen LogP contribution in [0.15, 0.2) is 15.9 Å². The molecule has 0 saturated carbocycles. The van der Waals surface area contributed by atoms with Crippen LogP contribution < -0.4 is 5.32 Å². The Bertz CT molecular complexity index is 340. The van der Waals surface area contributed by atoms with Gasteiger partial charge in [0.15, 0.2) is 0 Å². The molecule has 0 radical (unpaired) electrons. The molecule has 0 aromatic carbocycles. The molecule has 90 valence electrons. The molecule has 2 N–H and O–H groups in total. The van der Waals surface area contributed by atoms with Crippen LogP contribution in [-0.4, -0.2) is 24.2 Å². The van der Waals surface area contributed by atoms with Gasteiger partial charge in [-0.3, -0.25) is 4.79 Å². The maximum atomic E-state index is 10.4. The molecule has 0 bridgehead atoms. The lowest BCUT2D eigenvalue weighted by molar-refractivity contribution is -0.137. The summed E-state index contributed by atoms with van der Waals surface area (Å²) < 4.78 is 1.15. The van der Waals surface area contributed by atoms with E-state index in [0.717, 1.165) is 23.3 Å². The molecule has 1 rings (SSSR count). The monoisotopic (exact) mass is 305 g/mol. The van der Waals surface area contributed by atoms with Crippen molar-refractivity contribution in [2.45, 2.75) is 19.8 Å². The maximum absolute atomic E-state index is 10.4. The number of carbonyl (C=O) groups is 1. The first-order valence-corrected chi connectivity index (χ1v) is 6.85. The third-order valence-corrected chi connectivity index (χ3v) is 3.88. The van der Waals surface area contributed by atoms with Gasteiger partial charge in [0.25, 0.3) is 0 Å². The van der Waals surface area contributed by atoms with Crippen molar-refractivity contribution in [3.63, 3.8) is 0 Å². The first kappa shape index (κ1) is 13.7. The number of hydrogen-bond acceptors (Lipinski definition) is 3. The molecule has 1 unspecified atom stereocenters. The molecule has 0 fully saturated rings. The van der Waals surface area contributed by atoms with E-state index in [4.69, 9.17) is 5.11 Å². The van der Waals surface area contributed by atoms with Crippen molar-refractivity contribution in [2.75, 3.05) is 13.1 Å². The van der Waals surface area contributed by atoms with Crippen LogP contribution in [-0.2, 0) is 11.2 Å². The van der Waals surface area contributed by atoms with Crippen LogP contribution in [0.3, 0.4) is 0 Å². The number of carboxylic acid groups (broad SMARTS) is 1. The Morgan fingerprint density at radius 2 is 2.38 bits per heavy atom. The topological polar surface area (TPSA) is 49.3 Å². The second-order valence-electron chi connectivity index (χ2n) is 3.86. The van der Waals surface area contributed by atoms with Crippen LogP contribution in [0.2, 0.25) is 0 Å². The predicted octanol–water partition coefficient (Wildman–Crippen LogP) is 2.75. The van der Waals surface area contributed by atoms with Gasteiger partial charge in [-0.05, 0) is 53.5 Å². The summed E-state index contributed by atoms with van der Waals surface area (Å²) in [6.45, 7) is 3.61. The number of aliphatic carboxylic acids is 1. The van der Waals surface area contributed by atoms with Gasteiger partial charge in [-0.2, -0.15) is 0 Å². The highest BCUT2D eigenvalue weighted by molar-refractivity contribution is 9.11. The summed E-state index contributed by atoms with van der Waals surface area (Å²) in [7, 11) is 0. The molecule has 0 aliphatic carbocycles. The summed E-state index contributed by atoms with van der Waals surface area (Å²) in [5.74, 6) is -0.538. The minimum Gasteiger partial charge on any atom is -0.481 e. The first-order chi connectivity index (χ1) is 7.58. The van der Waals surface area contributed by atoms with E-state index >= 15 is 0 Å². The molecule has 1 heterocycles. The third-order valence-electron chi connectivity index (χ3n) is 2.19. The molecule has 1 atom stereocenters. The number of halogens is 1. The lowest BCUT2D eigenvalue weighted by Crippen LogP contribution is -2.24. The van der Waals surface area contributed by atoms with Gasteiger partial charge in [0.1, 0.15) is 0 Å². The summed E-state index contributed by atoms with van der Waals surface area (Å²) in [6, 6.07) is 4.16. The Labute approximate surface area is 108 Å². The number of thiophene rings is 1. The number of nitrogens with one attached hydrogen (secondary N) is 1. The molecular weight excluding hydrogens is 290 g/mol. The number of carboxylic acids is 1. The maximum Gasteiger partial charge on any atom is 0.303 e. The van der Waals surface area contributed by atoms with E-state index in [1.54, 1.807) is 11.3 Å².